The average molecular weight is 509 g/mol. The minimum Gasteiger partial charge on any atom is -0.372 e. The second kappa shape index (κ2) is 9.97. The monoisotopic (exact) mass is 508 g/mol. The van der Waals surface area contributed by atoms with Gasteiger partial charge in [0.25, 0.3) is 11.5 Å². The zero-order valence-corrected chi connectivity index (χ0v) is 22.1. The molecule has 2 aliphatic heterocycles. The van der Waals surface area contributed by atoms with E-state index in [9.17, 15) is 14.9 Å². The summed E-state index contributed by atoms with van der Waals surface area (Å²) in [6.45, 7) is 9.35. The van der Waals surface area contributed by atoms with Crippen LogP contribution in [-0.4, -0.2) is 45.0 Å². The molecule has 3 heterocycles. The number of ether oxygens (including phenoxy) is 1. The van der Waals surface area contributed by atoms with E-state index < -0.39 is 0 Å². The molecule has 0 N–H and O–H groups in total. The van der Waals surface area contributed by atoms with Gasteiger partial charge in [-0.2, -0.15) is 5.26 Å². The number of nitrogens with zero attached hydrogens (tertiary/aromatic N) is 4. The fourth-order valence-corrected chi connectivity index (χ4v) is 5.83. The second-order valence-corrected chi connectivity index (χ2v) is 10.8. The molecule has 9 heteroatoms. The minimum absolute atomic E-state index is 0.0228. The second-order valence-electron chi connectivity index (χ2n) is 9.13. The number of morpholine rings is 1. The van der Waals surface area contributed by atoms with Crippen molar-refractivity contribution in [3.05, 3.63) is 67.3 Å². The summed E-state index contributed by atoms with van der Waals surface area (Å²) in [5.41, 5.74) is 3.11. The molecular formula is C26H28N4O3S2. The summed E-state index contributed by atoms with van der Waals surface area (Å²) in [4.78, 5) is 30.6. The number of aromatic nitrogens is 1. The van der Waals surface area contributed by atoms with Gasteiger partial charge in [0.05, 0.1) is 23.7 Å². The lowest BCUT2D eigenvalue weighted by Gasteiger charge is -2.38. The molecule has 2 atom stereocenters. The molecule has 1 aromatic heterocycles. The van der Waals surface area contributed by atoms with Gasteiger partial charge in [0.15, 0.2) is 0 Å². The lowest BCUT2D eigenvalue weighted by Crippen LogP contribution is -2.47. The normalized spacial score (nSPS) is 21.7. The van der Waals surface area contributed by atoms with E-state index in [0.717, 1.165) is 11.1 Å². The molecule has 0 bridgehead atoms. The third-order valence-electron chi connectivity index (χ3n) is 6.30. The summed E-state index contributed by atoms with van der Waals surface area (Å²) in [5, 5.41) is 9.70. The van der Waals surface area contributed by atoms with Crippen LogP contribution in [0, 0.1) is 25.2 Å². The number of rotatable bonds is 4. The molecule has 1 amide bonds. The number of carbonyl (C=O) groups is 1. The molecule has 2 aromatic rings. The van der Waals surface area contributed by atoms with Crippen molar-refractivity contribution >= 4 is 46.1 Å². The number of aryl methyl sites for hydroxylation is 1. The van der Waals surface area contributed by atoms with Gasteiger partial charge in [0.1, 0.15) is 21.8 Å². The molecule has 0 radical (unpaired) electrons. The van der Waals surface area contributed by atoms with Gasteiger partial charge in [-0.15, -0.1) is 0 Å². The largest absolute Gasteiger partial charge is 0.372 e. The van der Waals surface area contributed by atoms with E-state index in [2.05, 4.69) is 4.90 Å². The predicted molar refractivity (Wildman–Crippen MR) is 143 cm³/mol. The number of anilines is 1. The number of benzene rings is 1. The summed E-state index contributed by atoms with van der Waals surface area (Å²) < 4.78 is 7.88. The third-order valence-corrected chi connectivity index (χ3v) is 7.68. The van der Waals surface area contributed by atoms with Crippen LogP contribution < -0.4 is 10.5 Å². The van der Waals surface area contributed by atoms with E-state index in [1.165, 1.54) is 16.3 Å². The highest BCUT2D eigenvalue weighted by Crippen LogP contribution is 2.37. The van der Waals surface area contributed by atoms with Crippen LogP contribution in [-0.2, 0) is 23.1 Å². The van der Waals surface area contributed by atoms with Crippen molar-refractivity contribution in [3.63, 3.8) is 0 Å². The van der Waals surface area contributed by atoms with E-state index in [1.54, 1.807) is 24.9 Å². The first kappa shape index (κ1) is 25.2. The maximum atomic E-state index is 13.4. The summed E-state index contributed by atoms with van der Waals surface area (Å²) in [5.74, 6) is 0.499. The Morgan fingerprint density at radius 2 is 1.80 bits per heavy atom. The predicted octanol–water partition coefficient (Wildman–Crippen LogP) is 3.89. The SMILES string of the molecule is Cc1ccc(CN2C(=O)/C(=C/c3c(C)c(C#N)c(=O)n(C)c3N3CC(C)OC(C)C3)SC2=S)cc1. The van der Waals surface area contributed by atoms with E-state index in [4.69, 9.17) is 17.0 Å². The molecule has 0 saturated carbocycles. The van der Waals surface area contributed by atoms with Crippen LogP contribution in [0.5, 0.6) is 0 Å². The standard InChI is InChI=1S/C26H28N4O3S2/c1-15-6-8-19(9-7-15)14-30-25(32)22(35-26(30)34)10-20-18(4)21(11-27)24(31)28(5)23(20)29-12-16(2)33-17(3)13-29/h6-10,16-17H,12-14H2,1-5H3/b22-10-. The van der Waals surface area contributed by atoms with Gasteiger partial charge in [0, 0.05) is 25.7 Å². The molecule has 182 valence electrons. The van der Waals surface area contributed by atoms with Crippen molar-refractivity contribution in [2.24, 2.45) is 7.05 Å². The Morgan fingerprint density at radius 3 is 2.40 bits per heavy atom. The number of pyridine rings is 1. The van der Waals surface area contributed by atoms with Gasteiger partial charge >= 0.3 is 0 Å². The van der Waals surface area contributed by atoms with Crippen LogP contribution in [0.1, 0.15) is 41.7 Å². The highest BCUT2D eigenvalue weighted by Gasteiger charge is 2.34. The molecular weight excluding hydrogens is 480 g/mol. The molecule has 2 aliphatic rings. The van der Waals surface area contributed by atoms with Crippen molar-refractivity contribution in [1.82, 2.24) is 9.47 Å². The van der Waals surface area contributed by atoms with Crippen LogP contribution in [0.25, 0.3) is 6.08 Å². The maximum absolute atomic E-state index is 13.4. The number of thioether (sulfide) groups is 1. The van der Waals surface area contributed by atoms with Crippen LogP contribution in [0.3, 0.4) is 0 Å². The Bertz CT molecular complexity index is 1310. The number of nitriles is 1. The Kier molecular flexibility index (Phi) is 7.17. The first-order valence-corrected chi connectivity index (χ1v) is 12.7. The lowest BCUT2D eigenvalue weighted by molar-refractivity contribution is -0.122. The summed E-state index contributed by atoms with van der Waals surface area (Å²) in [6.07, 6.45) is 1.74. The number of hydrogen-bond acceptors (Lipinski definition) is 7. The maximum Gasteiger partial charge on any atom is 0.270 e. The molecule has 1 aromatic carbocycles. The van der Waals surface area contributed by atoms with Gasteiger partial charge < -0.3 is 9.64 Å². The molecule has 0 spiro atoms. The third kappa shape index (κ3) is 4.92. The quantitative estimate of drug-likeness (QED) is 0.458. The zero-order valence-electron chi connectivity index (χ0n) is 20.5. The highest BCUT2D eigenvalue weighted by molar-refractivity contribution is 8.26. The Balaban J connectivity index is 1.78. The molecule has 2 saturated heterocycles. The number of amides is 1. The van der Waals surface area contributed by atoms with Crippen LogP contribution >= 0.6 is 24.0 Å². The lowest BCUT2D eigenvalue weighted by atomic mass is 10.0. The topological polar surface area (TPSA) is 78.6 Å². The van der Waals surface area contributed by atoms with E-state index in [1.807, 2.05) is 51.1 Å². The molecule has 0 aliphatic carbocycles. The Morgan fingerprint density at radius 1 is 1.17 bits per heavy atom. The van der Waals surface area contributed by atoms with Gasteiger partial charge in [-0.1, -0.05) is 53.8 Å². The summed E-state index contributed by atoms with van der Waals surface area (Å²) >= 11 is 6.79. The molecule has 2 fully saturated rings. The van der Waals surface area contributed by atoms with Crippen LogP contribution in [0.2, 0.25) is 0 Å². The van der Waals surface area contributed by atoms with Crippen molar-refractivity contribution in [1.29, 1.82) is 5.26 Å². The minimum atomic E-state index is -0.351. The Hall–Kier alpha value is -2.93. The van der Waals surface area contributed by atoms with Crippen molar-refractivity contribution in [2.45, 2.75) is 46.4 Å². The molecule has 4 rings (SSSR count). The van der Waals surface area contributed by atoms with Crippen molar-refractivity contribution < 1.29 is 9.53 Å². The van der Waals surface area contributed by atoms with E-state index in [-0.39, 0.29) is 29.2 Å². The number of hydrogen-bond donors (Lipinski definition) is 0. The number of carbonyl (C=O) groups excluding carboxylic acids is 1. The van der Waals surface area contributed by atoms with Gasteiger partial charge in [-0.05, 0) is 44.9 Å². The average Bonchev–Trinajstić information content (AvgIpc) is 3.06. The fourth-order valence-electron chi connectivity index (χ4n) is 4.59. The smallest absolute Gasteiger partial charge is 0.270 e. The molecule has 7 nitrogen and oxygen atoms in total. The van der Waals surface area contributed by atoms with Gasteiger partial charge in [0.2, 0.25) is 0 Å². The molecule has 35 heavy (non-hydrogen) atoms. The summed E-state index contributed by atoms with van der Waals surface area (Å²) in [7, 11) is 1.67. The zero-order chi connectivity index (χ0) is 25.4. The Labute approximate surface area is 215 Å². The van der Waals surface area contributed by atoms with Crippen LogP contribution in [0.4, 0.5) is 5.82 Å². The van der Waals surface area contributed by atoms with Gasteiger partial charge in [-0.3, -0.25) is 19.1 Å². The van der Waals surface area contributed by atoms with E-state index >= 15 is 0 Å². The van der Waals surface area contributed by atoms with Crippen molar-refractivity contribution in [2.75, 3.05) is 18.0 Å². The number of thiocarbonyl (C=S) groups is 1. The van der Waals surface area contributed by atoms with Gasteiger partial charge in [-0.25, -0.2) is 0 Å². The van der Waals surface area contributed by atoms with Crippen LogP contribution in [0.15, 0.2) is 34.0 Å². The molecule has 2 unspecified atom stereocenters. The summed E-state index contributed by atoms with van der Waals surface area (Å²) in [6, 6.07) is 10.1. The van der Waals surface area contributed by atoms with E-state index in [0.29, 0.717) is 45.8 Å². The first-order valence-electron chi connectivity index (χ1n) is 11.5. The highest BCUT2D eigenvalue weighted by atomic mass is 32.2. The van der Waals surface area contributed by atoms with Crippen molar-refractivity contribution in [3.8, 4) is 6.07 Å². The first-order chi connectivity index (χ1) is 16.6. The fraction of sp³-hybridized carbons (Fsp3) is 0.385.